The number of halogens is 1. The molecule has 1 atom stereocenters. The van der Waals surface area contributed by atoms with Gasteiger partial charge in [-0.2, -0.15) is 0 Å². The summed E-state index contributed by atoms with van der Waals surface area (Å²) in [5.74, 6) is 2.45. The lowest BCUT2D eigenvalue weighted by molar-refractivity contribution is -0.120. The molecule has 1 heterocycles. The minimum Gasteiger partial charge on any atom is -0.494 e. The second kappa shape index (κ2) is 13.3. The Morgan fingerprint density at radius 1 is 1.03 bits per heavy atom. The molecule has 0 fully saturated rings. The first kappa shape index (κ1) is 26.7. The third-order valence-electron chi connectivity index (χ3n) is 6.82. The van der Waals surface area contributed by atoms with Gasteiger partial charge in [-0.25, -0.2) is 4.98 Å². The van der Waals surface area contributed by atoms with Gasteiger partial charge < -0.3 is 14.6 Å². The number of aromatic nitrogens is 2. The van der Waals surface area contributed by atoms with Crippen LogP contribution in [-0.4, -0.2) is 28.6 Å². The van der Waals surface area contributed by atoms with E-state index >= 15 is 0 Å². The number of carbonyl (C=O) groups excluding carboxylic acids is 1. The Morgan fingerprint density at radius 2 is 1.78 bits per heavy atom. The molecule has 5 nitrogen and oxygen atoms in total. The fourth-order valence-corrected chi connectivity index (χ4v) is 4.65. The number of benzene rings is 3. The molecule has 0 aliphatic rings. The topological polar surface area (TPSA) is 56.1 Å². The number of rotatable bonds is 13. The molecule has 0 radical (unpaired) electrons. The molecule has 1 amide bonds. The van der Waals surface area contributed by atoms with Crippen LogP contribution >= 0.6 is 11.6 Å². The van der Waals surface area contributed by atoms with Crippen molar-refractivity contribution in [1.82, 2.24) is 14.9 Å². The number of unbranched alkanes of at least 4 members (excludes halogenated alkanes) is 1. The molecule has 194 valence electrons. The van der Waals surface area contributed by atoms with Gasteiger partial charge in [0.05, 0.1) is 24.1 Å². The molecule has 0 saturated heterocycles. The molecule has 0 saturated carbocycles. The zero-order chi connectivity index (χ0) is 26.0. The number of hydrogen-bond donors (Lipinski definition) is 1. The standard InChI is InChI=1S/C31H36ClN3O2/c1-3-23(2)24-14-16-26(17-15-24)37-21-9-8-20-35-29-13-7-6-12-28(29)34-30(35)18-19-33-31(36)22-25-10-4-5-11-27(25)32/h4-7,10-17,23H,3,8-9,18-22H2,1-2H3,(H,33,36). The lowest BCUT2D eigenvalue weighted by Gasteiger charge is -2.12. The minimum atomic E-state index is -0.0369. The van der Waals surface area contributed by atoms with Crippen LogP contribution in [0.4, 0.5) is 0 Å². The zero-order valence-electron chi connectivity index (χ0n) is 21.8. The SMILES string of the molecule is CCC(C)c1ccc(OCCCCn2c(CCNC(=O)Cc3ccccc3Cl)nc3ccccc32)cc1. The number of amides is 1. The summed E-state index contributed by atoms with van der Waals surface area (Å²) in [7, 11) is 0. The number of aryl methyl sites for hydroxylation is 1. The van der Waals surface area contributed by atoms with E-state index in [1.54, 1.807) is 6.07 Å². The third kappa shape index (κ3) is 7.36. The van der Waals surface area contributed by atoms with Crippen LogP contribution in [-0.2, 0) is 24.2 Å². The van der Waals surface area contributed by atoms with Crippen LogP contribution in [0, 0.1) is 0 Å². The van der Waals surface area contributed by atoms with E-state index in [1.165, 1.54) is 5.56 Å². The Balaban J connectivity index is 1.28. The number of carbonyl (C=O) groups is 1. The van der Waals surface area contributed by atoms with Crippen LogP contribution in [0.5, 0.6) is 5.75 Å². The summed E-state index contributed by atoms with van der Waals surface area (Å²) in [6, 6.07) is 24.1. The second-order valence-corrected chi connectivity index (χ2v) is 9.88. The van der Waals surface area contributed by atoms with E-state index in [-0.39, 0.29) is 12.3 Å². The highest BCUT2D eigenvalue weighted by Gasteiger charge is 2.12. The van der Waals surface area contributed by atoms with Crippen molar-refractivity contribution in [3.8, 4) is 5.75 Å². The van der Waals surface area contributed by atoms with Crippen LogP contribution in [0.1, 0.15) is 56.0 Å². The first-order valence-corrected chi connectivity index (χ1v) is 13.6. The van der Waals surface area contributed by atoms with Crippen molar-refractivity contribution in [1.29, 1.82) is 0 Å². The van der Waals surface area contributed by atoms with Crippen molar-refractivity contribution in [2.45, 2.75) is 58.4 Å². The van der Waals surface area contributed by atoms with Crippen LogP contribution in [0.15, 0.2) is 72.8 Å². The number of nitrogens with zero attached hydrogens (tertiary/aromatic N) is 2. The van der Waals surface area contributed by atoms with Crippen molar-refractivity contribution in [2.24, 2.45) is 0 Å². The number of hydrogen-bond acceptors (Lipinski definition) is 3. The number of imidazole rings is 1. The Bertz CT molecular complexity index is 1300. The van der Waals surface area contributed by atoms with Crippen LogP contribution < -0.4 is 10.1 Å². The largest absolute Gasteiger partial charge is 0.494 e. The number of fused-ring (bicyclic) bond motifs is 1. The normalized spacial score (nSPS) is 12.0. The van der Waals surface area contributed by atoms with Crippen LogP contribution in [0.25, 0.3) is 11.0 Å². The molecule has 3 aromatic carbocycles. The summed E-state index contributed by atoms with van der Waals surface area (Å²) in [5, 5.41) is 3.63. The van der Waals surface area contributed by atoms with E-state index in [1.807, 2.05) is 36.4 Å². The highest BCUT2D eigenvalue weighted by Crippen LogP contribution is 2.22. The predicted octanol–water partition coefficient (Wildman–Crippen LogP) is 6.96. The average molecular weight is 518 g/mol. The van der Waals surface area contributed by atoms with E-state index in [2.05, 4.69) is 54.1 Å². The van der Waals surface area contributed by atoms with Crippen molar-refractivity contribution in [3.05, 3.63) is 94.8 Å². The number of ether oxygens (including phenoxy) is 1. The van der Waals surface area contributed by atoms with Gasteiger partial charge in [0.25, 0.3) is 0 Å². The summed E-state index contributed by atoms with van der Waals surface area (Å²) in [6.07, 6.45) is 4.02. The molecule has 1 N–H and O–H groups in total. The highest BCUT2D eigenvalue weighted by molar-refractivity contribution is 6.31. The molecule has 37 heavy (non-hydrogen) atoms. The van der Waals surface area contributed by atoms with Gasteiger partial charge in [-0.05, 0) is 66.6 Å². The van der Waals surface area contributed by atoms with Crippen molar-refractivity contribution >= 4 is 28.5 Å². The maximum absolute atomic E-state index is 12.4. The fraction of sp³-hybridized carbons (Fsp3) is 0.355. The average Bonchev–Trinajstić information content (AvgIpc) is 3.27. The van der Waals surface area contributed by atoms with Gasteiger partial charge in [-0.1, -0.05) is 67.9 Å². The van der Waals surface area contributed by atoms with Gasteiger partial charge in [0, 0.05) is 24.5 Å². The van der Waals surface area contributed by atoms with E-state index in [0.717, 1.165) is 54.0 Å². The molecular weight excluding hydrogens is 482 g/mol. The van der Waals surface area contributed by atoms with Gasteiger partial charge in [0.15, 0.2) is 0 Å². The number of nitrogens with one attached hydrogen (secondary N) is 1. The summed E-state index contributed by atoms with van der Waals surface area (Å²) < 4.78 is 8.25. The summed E-state index contributed by atoms with van der Waals surface area (Å²) in [5.41, 5.74) is 4.30. The Morgan fingerprint density at radius 3 is 2.57 bits per heavy atom. The lowest BCUT2D eigenvalue weighted by Crippen LogP contribution is -2.28. The summed E-state index contributed by atoms with van der Waals surface area (Å²) >= 11 is 6.19. The van der Waals surface area contributed by atoms with Crippen molar-refractivity contribution < 1.29 is 9.53 Å². The maximum Gasteiger partial charge on any atom is 0.224 e. The quantitative estimate of drug-likeness (QED) is 0.195. The second-order valence-electron chi connectivity index (χ2n) is 9.47. The fourth-order valence-electron chi connectivity index (χ4n) is 4.45. The highest BCUT2D eigenvalue weighted by atomic mass is 35.5. The van der Waals surface area contributed by atoms with Gasteiger partial charge in [-0.15, -0.1) is 0 Å². The Kier molecular flexibility index (Phi) is 9.61. The van der Waals surface area contributed by atoms with Gasteiger partial charge >= 0.3 is 0 Å². The van der Waals surface area contributed by atoms with Crippen LogP contribution in [0.2, 0.25) is 5.02 Å². The number of para-hydroxylation sites is 2. The van der Waals surface area contributed by atoms with Gasteiger partial charge in [0.2, 0.25) is 5.91 Å². The monoisotopic (exact) mass is 517 g/mol. The molecule has 0 bridgehead atoms. The molecule has 4 aromatic rings. The van der Waals surface area contributed by atoms with E-state index in [9.17, 15) is 4.79 Å². The van der Waals surface area contributed by atoms with Crippen molar-refractivity contribution in [3.63, 3.8) is 0 Å². The smallest absolute Gasteiger partial charge is 0.224 e. The molecule has 1 aromatic heterocycles. The van der Waals surface area contributed by atoms with E-state index in [4.69, 9.17) is 21.3 Å². The molecule has 0 aliphatic heterocycles. The zero-order valence-corrected chi connectivity index (χ0v) is 22.5. The Labute approximate surface area is 224 Å². The van der Waals surface area contributed by atoms with E-state index in [0.29, 0.717) is 30.5 Å². The molecule has 1 unspecified atom stereocenters. The first-order valence-electron chi connectivity index (χ1n) is 13.2. The minimum absolute atomic E-state index is 0.0369. The molecule has 6 heteroatoms. The van der Waals surface area contributed by atoms with E-state index < -0.39 is 0 Å². The van der Waals surface area contributed by atoms with Gasteiger partial charge in [-0.3, -0.25) is 4.79 Å². The lowest BCUT2D eigenvalue weighted by atomic mass is 9.99. The third-order valence-corrected chi connectivity index (χ3v) is 7.19. The summed E-state index contributed by atoms with van der Waals surface area (Å²) in [6.45, 7) is 6.53. The predicted molar refractivity (Wildman–Crippen MR) is 151 cm³/mol. The summed E-state index contributed by atoms with van der Waals surface area (Å²) in [4.78, 5) is 17.3. The Hall–Kier alpha value is -3.31. The molecule has 0 spiro atoms. The maximum atomic E-state index is 12.4. The first-order chi connectivity index (χ1) is 18.0. The van der Waals surface area contributed by atoms with Crippen molar-refractivity contribution in [2.75, 3.05) is 13.2 Å². The van der Waals surface area contributed by atoms with Crippen LogP contribution in [0.3, 0.4) is 0 Å². The van der Waals surface area contributed by atoms with Gasteiger partial charge in [0.1, 0.15) is 11.6 Å². The molecular formula is C31H36ClN3O2. The molecule has 0 aliphatic carbocycles. The molecule has 4 rings (SSSR count).